The summed E-state index contributed by atoms with van der Waals surface area (Å²) in [5, 5.41) is 0. The fourth-order valence-electron chi connectivity index (χ4n) is 2.21. The van der Waals surface area contributed by atoms with Crippen LogP contribution in [0.15, 0.2) is 42.5 Å². The highest BCUT2D eigenvalue weighted by Crippen LogP contribution is 2.39. The maximum Gasteiger partial charge on any atom is 0.323 e. The molecule has 3 rings (SSSR count). The molecule has 0 bridgehead atoms. The van der Waals surface area contributed by atoms with Gasteiger partial charge < -0.3 is 4.74 Å². The molecule has 3 heteroatoms. The van der Waals surface area contributed by atoms with E-state index in [1.165, 1.54) is 18.2 Å². The van der Waals surface area contributed by atoms with E-state index >= 15 is 0 Å². The molecule has 2 aromatic carbocycles. The molecule has 0 unspecified atom stereocenters. The average Bonchev–Trinajstić information content (AvgIpc) is 2.66. The van der Waals surface area contributed by atoms with Crippen molar-refractivity contribution in [1.82, 2.24) is 0 Å². The number of hydrogen-bond donors (Lipinski definition) is 0. The predicted octanol–water partition coefficient (Wildman–Crippen LogP) is 3.19. The number of aryl methyl sites for hydroxylation is 1. The molecule has 0 N–H and O–H groups in total. The highest BCUT2D eigenvalue weighted by atomic mass is 19.1. The van der Waals surface area contributed by atoms with Gasteiger partial charge in [0, 0.05) is 5.56 Å². The molecular weight excluding hydrogens is 231 g/mol. The third kappa shape index (κ3) is 1.68. The Kier molecular flexibility index (Phi) is 2.40. The van der Waals surface area contributed by atoms with Crippen molar-refractivity contribution in [3.05, 3.63) is 65.0 Å². The van der Waals surface area contributed by atoms with E-state index in [1.807, 2.05) is 31.2 Å². The first kappa shape index (κ1) is 11.0. The Morgan fingerprint density at radius 3 is 2.56 bits per heavy atom. The van der Waals surface area contributed by atoms with Crippen molar-refractivity contribution in [2.75, 3.05) is 0 Å². The van der Waals surface area contributed by atoms with Crippen LogP contribution in [0.1, 0.15) is 22.6 Å². The predicted molar refractivity (Wildman–Crippen MR) is 65.1 cm³/mol. The van der Waals surface area contributed by atoms with E-state index in [9.17, 15) is 9.18 Å². The second-order valence-electron chi connectivity index (χ2n) is 4.45. The van der Waals surface area contributed by atoms with Gasteiger partial charge in [0.15, 0.2) is 0 Å². The molecule has 0 saturated heterocycles. The second kappa shape index (κ2) is 3.95. The Labute approximate surface area is 104 Å². The Morgan fingerprint density at radius 1 is 1.11 bits per heavy atom. The number of fused-ring (bicyclic) bond motifs is 1. The fraction of sp³-hybridized carbons (Fsp3) is 0.133. The molecule has 2 nitrogen and oxygen atoms in total. The summed E-state index contributed by atoms with van der Waals surface area (Å²) in [5.41, 5.74) is 2.54. The van der Waals surface area contributed by atoms with Crippen LogP contribution < -0.4 is 4.74 Å². The lowest BCUT2D eigenvalue weighted by atomic mass is 9.92. The molecule has 0 aromatic heterocycles. The molecule has 0 saturated carbocycles. The zero-order valence-corrected chi connectivity index (χ0v) is 9.81. The molecule has 18 heavy (non-hydrogen) atoms. The summed E-state index contributed by atoms with van der Waals surface area (Å²) in [6, 6.07) is 11.8. The summed E-state index contributed by atoms with van der Waals surface area (Å²) in [6.45, 7) is 1.98. The zero-order valence-electron chi connectivity index (χ0n) is 9.81. The maximum atomic E-state index is 13.3. The maximum absolute atomic E-state index is 13.3. The smallest absolute Gasteiger partial charge is 0.323 e. The third-order valence-corrected chi connectivity index (χ3v) is 3.14. The van der Waals surface area contributed by atoms with E-state index in [0.717, 1.165) is 11.1 Å². The minimum atomic E-state index is -0.517. The normalized spacial score (nSPS) is 17.4. The Balaban J connectivity index is 2.11. The van der Waals surface area contributed by atoms with E-state index in [2.05, 4.69) is 0 Å². The standard InChI is InChI=1S/C15H11FO2/c1-9-2-4-10(5-3-9)14-12-8-11(16)6-7-13(12)18-15(14)17/h2-8,14H,1H3/t14-/m0/s1. The van der Waals surface area contributed by atoms with Gasteiger partial charge in [-0.25, -0.2) is 4.39 Å². The van der Waals surface area contributed by atoms with E-state index in [4.69, 9.17) is 4.74 Å². The molecule has 0 amide bonds. The number of carbonyl (C=O) groups excluding carboxylic acids is 1. The van der Waals surface area contributed by atoms with Crippen molar-refractivity contribution >= 4 is 5.97 Å². The summed E-state index contributed by atoms with van der Waals surface area (Å²) in [4.78, 5) is 11.9. The third-order valence-electron chi connectivity index (χ3n) is 3.14. The van der Waals surface area contributed by atoms with E-state index in [-0.39, 0.29) is 11.8 Å². The molecule has 90 valence electrons. The minimum absolute atomic E-state index is 0.348. The quantitative estimate of drug-likeness (QED) is 0.567. The number of benzene rings is 2. The SMILES string of the molecule is Cc1ccc([C@@H]2C(=O)Oc3ccc(F)cc32)cc1. The summed E-state index contributed by atoms with van der Waals surface area (Å²) in [7, 11) is 0. The molecular formula is C15H11FO2. The Hall–Kier alpha value is -2.16. The molecule has 0 aliphatic carbocycles. The number of rotatable bonds is 1. The van der Waals surface area contributed by atoms with Gasteiger partial charge in [-0.2, -0.15) is 0 Å². The van der Waals surface area contributed by atoms with Crippen molar-refractivity contribution in [3.63, 3.8) is 0 Å². The first-order chi connectivity index (χ1) is 8.65. The van der Waals surface area contributed by atoms with Crippen LogP contribution in [0.2, 0.25) is 0 Å². The molecule has 1 heterocycles. The lowest BCUT2D eigenvalue weighted by Crippen LogP contribution is -2.11. The molecule has 0 spiro atoms. The van der Waals surface area contributed by atoms with Crippen molar-refractivity contribution in [2.24, 2.45) is 0 Å². The number of halogens is 1. The van der Waals surface area contributed by atoms with Crippen LogP contribution in [0.5, 0.6) is 5.75 Å². The van der Waals surface area contributed by atoms with Gasteiger partial charge in [-0.05, 0) is 30.7 Å². The molecule has 0 radical (unpaired) electrons. The van der Waals surface area contributed by atoms with E-state index in [1.54, 1.807) is 0 Å². The summed E-state index contributed by atoms with van der Waals surface area (Å²) in [5.74, 6) is -0.771. The first-order valence-corrected chi connectivity index (χ1v) is 5.73. The molecule has 1 aliphatic rings. The molecule has 1 atom stereocenters. The van der Waals surface area contributed by atoms with Crippen LogP contribution in [0.25, 0.3) is 0 Å². The zero-order chi connectivity index (χ0) is 12.7. The van der Waals surface area contributed by atoms with Crippen LogP contribution >= 0.6 is 0 Å². The fourth-order valence-corrected chi connectivity index (χ4v) is 2.21. The minimum Gasteiger partial charge on any atom is -0.425 e. The molecule has 2 aromatic rings. The molecule has 0 fully saturated rings. The monoisotopic (exact) mass is 242 g/mol. The van der Waals surface area contributed by atoms with Gasteiger partial charge in [-0.3, -0.25) is 4.79 Å². The summed E-state index contributed by atoms with van der Waals surface area (Å²) in [6.07, 6.45) is 0. The van der Waals surface area contributed by atoms with Crippen molar-refractivity contribution in [2.45, 2.75) is 12.8 Å². The van der Waals surface area contributed by atoms with Crippen LogP contribution in [0, 0.1) is 12.7 Å². The van der Waals surface area contributed by atoms with Crippen LogP contribution in [-0.2, 0) is 4.79 Å². The lowest BCUT2D eigenvalue weighted by molar-refractivity contribution is -0.133. The van der Waals surface area contributed by atoms with Gasteiger partial charge in [-0.1, -0.05) is 29.8 Å². The largest absolute Gasteiger partial charge is 0.425 e. The first-order valence-electron chi connectivity index (χ1n) is 5.73. The number of hydrogen-bond acceptors (Lipinski definition) is 2. The Bertz CT molecular complexity index is 617. The van der Waals surface area contributed by atoms with Gasteiger partial charge in [0.05, 0.1) is 0 Å². The van der Waals surface area contributed by atoms with Crippen LogP contribution in [0.3, 0.4) is 0 Å². The lowest BCUT2D eigenvalue weighted by Gasteiger charge is -2.07. The van der Waals surface area contributed by atoms with Gasteiger partial charge in [0.25, 0.3) is 0 Å². The van der Waals surface area contributed by atoms with Crippen molar-refractivity contribution in [1.29, 1.82) is 0 Å². The van der Waals surface area contributed by atoms with Crippen molar-refractivity contribution in [3.8, 4) is 5.75 Å². The highest BCUT2D eigenvalue weighted by Gasteiger charge is 2.34. The number of carbonyl (C=O) groups is 1. The topological polar surface area (TPSA) is 26.3 Å². The van der Waals surface area contributed by atoms with Gasteiger partial charge >= 0.3 is 5.97 Å². The second-order valence-corrected chi connectivity index (χ2v) is 4.45. The average molecular weight is 242 g/mol. The van der Waals surface area contributed by atoms with Gasteiger partial charge in [0.2, 0.25) is 0 Å². The number of esters is 1. The summed E-state index contributed by atoms with van der Waals surface area (Å²) < 4.78 is 18.4. The highest BCUT2D eigenvalue weighted by molar-refractivity contribution is 5.89. The molecule has 1 aliphatic heterocycles. The van der Waals surface area contributed by atoms with Gasteiger partial charge in [-0.15, -0.1) is 0 Å². The number of ether oxygens (including phenoxy) is 1. The Morgan fingerprint density at radius 2 is 1.83 bits per heavy atom. The summed E-state index contributed by atoms with van der Waals surface area (Å²) >= 11 is 0. The van der Waals surface area contributed by atoms with Crippen LogP contribution in [-0.4, -0.2) is 5.97 Å². The van der Waals surface area contributed by atoms with Gasteiger partial charge in [0.1, 0.15) is 17.5 Å². The van der Waals surface area contributed by atoms with E-state index < -0.39 is 5.92 Å². The van der Waals surface area contributed by atoms with E-state index in [0.29, 0.717) is 11.3 Å². The van der Waals surface area contributed by atoms with Crippen molar-refractivity contribution < 1.29 is 13.9 Å². The van der Waals surface area contributed by atoms with Crippen LogP contribution in [0.4, 0.5) is 4.39 Å².